The Morgan fingerprint density at radius 1 is 1.10 bits per heavy atom. The van der Waals surface area contributed by atoms with Crippen molar-refractivity contribution in [3.63, 3.8) is 0 Å². The zero-order valence-electron chi connectivity index (χ0n) is 14.7. The molecule has 0 aliphatic carbocycles. The lowest BCUT2D eigenvalue weighted by Crippen LogP contribution is -2.67. The average Bonchev–Trinajstić information content (AvgIpc) is 2.47. The van der Waals surface area contributed by atoms with Gasteiger partial charge in [0.25, 0.3) is 0 Å². The Balaban J connectivity index is 2.29. The Kier molecular flexibility index (Phi) is 4.79. The summed E-state index contributed by atoms with van der Waals surface area (Å²) in [6.45, 7) is 17.1. The van der Waals surface area contributed by atoms with E-state index in [0.717, 1.165) is 19.6 Å². The summed E-state index contributed by atoms with van der Waals surface area (Å²) >= 11 is 0. The number of rotatable bonds is 4. The third-order valence-electron chi connectivity index (χ3n) is 5.73. The van der Waals surface area contributed by atoms with E-state index in [1.165, 1.54) is 29.5 Å². The molecule has 0 spiro atoms. The highest BCUT2D eigenvalue weighted by Gasteiger charge is 2.40. The molecule has 2 atom stereocenters. The van der Waals surface area contributed by atoms with Crippen LogP contribution in [-0.4, -0.2) is 29.1 Å². The van der Waals surface area contributed by atoms with Crippen molar-refractivity contribution in [2.75, 3.05) is 13.1 Å². The molecule has 0 radical (unpaired) electrons. The summed E-state index contributed by atoms with van der Waals surface area (Å²) in [7, 11) is 0. The number of nitrogens with one attached hydrogen (secondary N) is 1. The first-order chi connectivity index (χ1) is 9.83. The van der Waals surface area contributed by atoms with Crippen LogP contribution in [0.5, 0.6) is 0 Å². The molecule has 1 aliphatic rings. The highest BCUT2D eigenvalue weighted by molar-refractivity contribution is 5.33. The minimum Gasteiger partial charge on any atom is -0.308 e. The molecule has 1 aromatic rings. The first kappa shape index (κ1) is 16.5. The molecule has 0 bridgehead atoms. The van der Waals surface area contributed by atoms with E-state index in [0.29, 0.717) is 0 Å². The zero-order chi connectivity index (χ0) is 15.7. The molecule has 0 amide bonds. The fourth-order valence-corrected chi connectivity index (χ4v) is 3.31. The van der Waals surface area contributed by atoms with Gasteiger partial charge in [-0.3, -0.25) is 4.90 Å². The molecule has 118 valence electrons. The first-order valence-electron chi connectivity index (χ1n) is 8.39. The summed E-state index contributed by atoms with van der Waals surface area (Å²) in [4.78, 5) is 2.71. The molecule has 1 N–H and O–H groups in total. The topological polar surface area (TPSA) is 15.3 Å². The van der Waals surface area contributed by atoms with Crippen LogP contribution in [0, 0.1) is 13.8 Å². The van der Waals surface area contributed by atoms with Gasteiger partial charge in [-0.1, -0.05) is 32.0 Å². The number of piperazine rings is 1. The first-order valence-corrected chi connectivity index (χ1v) is 8.39. The molecule has 2 rings (SSSR count). The number of hydrogen-bond donors (Lipinski definition) is 1. The summed E-state index contributed by atoms with van der Waals surface area (Å²) in [5, 5.41) is 3.79. The molecule has 2 heteroatoms. The Morgan fingerprint density at radius 3 is 2.24 bits per heavy atom. The van der Waals surface area contributed by atoms with Gasteiger partial charge in [-0.2, -0.15) is 0 Å². The number of nitrogens with zero attached hydrogens (tertiary/aromatic N) is 1. The fourth-order valence-electron chi connectivity index (χ4n) is 3.31. The highest BCUT2D eigenvalue weighted by atomic mass is 15.3. The van der Waals surface area contributed by atoms with Gasteiger partial charge in [-0.25, -0.2) is 0 Å². The Morgan fingerprint density at radius 2 is 1.71 bits per heavy atom. The van der Waals surface area contributed by atoms with E-state index >= 15 is 0 Å². The van der Waals surface area contributed by atoms with E-state index in [9.17, 15) is 0 Å². The van der Waals surface area contributed by atoms with Crippen molar-refractivity contribution >= 4 is 0 Å². The predicted octanol–water partition coefficient (Wildman–Crippen LogP) is 4.05. The van der Waals surface area contributed by atoms with Crippen LogP contribution in [0.2, 0.25) is 0 Å². The van der Waals surface area contributed by atoms with Crippen LogP contribution in [0.3, 0.4) is 0 Å². The van der Waals surface area contributed by atoms with E-state index in [2.05, 4.69) is 70.0 Å². The maximum absolute atomic E-state index is 3.79. The zero-order valence-corrected chi connectivity index (χ0v) is 14.7. The second-order valence-corrected chi connectivity index (χ2v) is 7.34. The van der Waals surface area contributed by atoms with Crippen LogP contribution in [0.1, 0.15) is 57.2 Å². The van der Waals surface area contributed by atoms with E-state index in [1.54, 1.807) is 0 Å². The monoisotopic (exact) mass is 288 g/mol. The summed E-state index contributed by atoms with van der Waals surface area (Å²) in [6, 6.07) is 6.65. The van der Waals surface area contributed by atoms with Crippen molar-refractivity contribution in [1.82, 2.24) is 10.2 Å². The standard InChI is InChI=1S/C19H32N2/c1-7-18(5)14-21(19(6,8-2)13-20-18)12-17-15(3)10-9-11-16(17)4/h9-11,20H,7-8,12-14H2,1-6H3. The third kappa shape index (κ3) is 3.32. The lowest BCUT2D eigenvalue weighted by molar-refractivity contribution is 0.0102. The van der Waals surface area contributed by atoms with Crippen LogP contribution in [0.15, 0.2) is 18.2 Å². The summed E-state index contributed by atoms with van der Waals surface area (Å²) in [5.41, 5.74) is 4.85. The fraction of sp³-hybridized carbons (Fsp3) is 0.684. The van der Waals surface area contributed by atoms with Gasteiger partial charge in [0.05, 0.1) is 0 Å². The SMILES string of the molecule is CCC1(C)CN(Cc2c(C)cccc2C)C(C)(CC)CN1. The normalized spacial score (nSPS) is 30.6. The van der Waals surface area contributed by atoms with Gasteiger partial charge < -0.3 is 5.32 Å². The molecule has 2 unspecified atom stereocenters. The van der Waals surface area contributed by atoms with Gasteiger partial charge >= 0.3 is 0 Å². The van der Waals surface area contributed by atoms with E-state index in [1.807, 2.05) is 0 Å². The van der Waals surface area contributed by atoms with E-state index in [-0.39, 0.29) is 11.1 Å². The van der Waals surface area contributed by atoms with Gasteiger partial charge in [0.1, 0.15) is 0 Å². The smallest absolute Gasteiger partial charge is 0.0307 e. The molecular weight excluding hydrogens is 256 g/mol. The van der Waals surface area contributed by atoms with Gasteiger partial charge in [-0.15, -0.1) is 0 Å². The van der Waals surface area contributed by atoms with Crippen molar-refractivity contribution in [2.24, 2.45) is 0 Å². The number of aryl methyl sites for hydroxylation is 2. The molecule has 0 saturated carbocycles. The Hall–Kier alpha value is -0.860. The number of benzene rings is 1. The summed E-state index contributed by atoms with van der Waals surface area (Å²) < 4.78 is 0. The number of hydrogen-bond acceptors (Lipinski definition) is 2. The molecule has 2 nitrogen and oxygen atoms in total. The maximum atomic E-state index is 3.79. The van der Waals surface area contributed by atoms with Crippen molar-refractivity contribution in [3.8, 4) is 0 Å². The quantitative estimate of drug-likeness (QED) is 0.899. The van der Waals surface area contributed by atoms with Crippen molar-refractivity contribution in [2.45, 2.75) is 72.0 Å². The second kappa shape index (κ2) is 6.10. The van der Waals surface area contributed by atoms with Gasteiger partial charge in [0.15, 0.2) is 0 Å². The predicted molar refractivity (Wildman–Crippen MR) is 91.7 cm³/mol. The summed E-state index contributed by atoms with van der Waals surface area (Å²) in [6.07, 6.45) is 2.36. The van der Waals surface area contributed by atoms with Crippen LogP contribution in [0.25, 0.3) is 0 Å². The van der Waals surface area contributed by atoms with Gasteiger partial charge in [0, 0.05) is 30.7 Å². The Bertz CT molecular complexity index is 476. The van der Waals surface area contributed by atoms with Crippen molar-refractivity contribution in [3.05, 3.63) is 34.9 Å². The van der Waals surface area contributed by atoms with Crippen LogP contribution < -0.4 is 5.32 Å². The molecular formula is C19H32N2. The molecule has 1 heterocycles. The largest absolute Gasteiger partial charge is 0.308 e. The second-order valence-electron chi connectivity index (χ2n) is 7.34. The molecule has 0 aromatic heterocycles. The van der Waals surface area contributed by atoms with Crippen LogP contribution in [0.4, 0.5) is 0 Å². The maximum Gasteiger partial charge on any atom is 0.0307 e. The summed E-state index contributed by atoms with van der Waals surface area (Å²) in [5.74, 6) is 0. The van der Waals surface area contributed by atoms with Gasteiger partial charge in [-0.05, 0) is 57.2 Å². The lowest BCUT2D eigenvalue weighted by atomic mass is 9.85. The molecule has 1 aliphatic heterocycles. The molecule has 1 fully saturated rings. The molecule has 1 saturated heterocycles. The van der Waals surface area contributed by atoms with Crippen molar-refractivity contribution < 1.29 is 0 Å². The average molecular weight is 288 g/mol. The highest BCUT2D eigenvalue weighted by Crippen LogP contribution is 2.31. The molecule has 1 aromatic carbocycles. The third-order valence-corrected chi connectivity index (χ3v) is 5.73. The van der Waals surface area contributed by atoms with E-state index in [4.69, 9.17) is 0 Å². The van der Waals surface area contributed by atoms with Crippen LogP contribution >= 0.6 is 0 Å². The van der Waals surface area contributed by atoms with Crippen LogP contribution in [-0.2, 0) is 6.54 Å². The lowest BCUT2D eigenvalue weighted by Gasteiger charge is -2.52. The minimum atomic E-state index is 0.241. The van der Waals surface area contributed by atoms with Crippen molar-refractivity contribution in [1.29, 1.82) is 0 Å². The minimum absolute atomic E-state index is 0.241. The Labute approximate surface area is 130 Å². The van der Waals surface area contributed by atoms with E-state index < -0.39 is 0 Å². The molecule has 21 heavy (non-hydrogen) atoms. The van der Waals surface area contributed by atoms with Gasteiger partial charge in [0.2, 0.25) is 0 Å².